The molecule has 0 radical (unpaired) electrons. The van der Waals surface area contributed by atoms with Crippen molar-refractivity contribution < 1.29 is 8.78 Å². The third-order valence-electron chi connectivity index (χ3n) is 4.97. The van der Waals surface area contributed by atoms with Gasteiger partial charge in [-0.25, -0.2) is 8.78 Å². The summed E-state index contributed by atoms with van der Waals surface area (Å²) in [5.74, 6) is 0.785. The van der Waals surface area contributed by atoms with Gasteiger partial charge in [0, 0.05) is 5.92 Å². The van der Waals surface area contributed by atoms with Gasteiger partial charge in [-0.15, -0.1) is 0 Å². The van der Waals surface area contributed by atoms with E-state index in [0.29, 0.717) is 11.8 Å². The van der Waals surface area contributed by atoms with Crippen molar-refractivity contribution in [2.75, 3.05) is 13.1 Å². The molecule has 3 heteroatoms. The lowest BCUT2D eigenvalue weighted by Crippen LogP contribution is -2.29. The molecule has 0 spiro atoms. The summed E-state index contributed by atoms with van der Waals surface area (Å²) >= 11 is 0. The Morgan fingerprint density at radius 2 is 1.67 bits per heavy atom. The van der Waals surface area contributed by atoms with Gasteiger partial charge in [0.2, 0.25) is 0 Å². The van der Waals surface area contributed by atoms with Crippen LogP contribution in [-0.2, 0) is 6.42 Å². The maximum atomic E-state index is 13.7. The Morgan fingerprint density at radius 3 is 2.48 bits per heavy atom. The van der Waals surface area contributed by atoms with Crippen LogP contribution in [0.4, 0.5) is 8.78 Å². The van der Waals surface area contributed by atoms with Gasteiger partial charge in [-0.05, 0) is 72.3 Å². The fourth-order valence-electron chi connectivity index (χ4n) is 4.02. The molecular weight excluding hydrogens is 268 g/mol. The Balaban J connectivity index is 1.86. The summed E-state index contributed by atoms with van der Waals surface area (Å²) in [5, 5.41) is 3.46. The quantitative estimate of drug-likeness (QED) is 0.845. The lowest BCUT2D eigenvalue weighted by molar-refractivity contribution is 0.351. The monoisotopic (exact) mass is 285 g/mol. The van der Waals surface area contributed by atoms with Gasteiger partial charge in [-0.1, -0.05) is 18.2 Å². The highest BCUT2D eigenvalue weighted by Gasteiger charge is 2.40. The van der Waals surface area contributed by atoms with Gasteiger partial charge in [0.05, 0.1) is 0 Å². The topological polar surface area (TPSA) is 12.0 Å². The molecule has 3 atom stereocenters. The zero-order chi connectivity index (χ0) is 14.4. The Bertz CT molecular complexity index is 665. The molecule has 2 aromatic rings. The molecule has 0 saturated carbocycles. The highest BCUT2D eigenvalue weighted by Crippen LogP contribution is 2.45. The van der Waals surface area contributed by atoms with Gasteiger partial charge in [-0.2, -0.15) is 0 Å². The van der Waals surface area contributed by atoms with E-state index in [4.69, 9.17) is 0 Å². The number of hydrogen-bond acceptors (Lipinski definition) is 1. The van der Waals surface area contributed by atoms with Crippen molar-refractivity contribution >= 4 is 0 Å². The van der Waals surface area contributed by atoms with Crippen molar-refractivity contribution in [3.8, 4) is 0 Å². The average Bonchev–Trinajstić information content (AvgIpc) is 2.94. The van der Waals surface area contributed by atoms with Crippen LogP contribution in [0.25, 0.3) is 0 Å². The number of hydrogen-bond donors (Lipinski definition) is 1. The summed E-state index contributed by atoms with van der Waals surface area (Å²) in [7, 11) is 0. The van der Waals surface area contributed by atoms with E-state index in [9.17, 15) is 8.78 Å². The fourth-order valence-corrected chi connectivity index (χ4v) is 4.02. The molecule has 1 aliphatic carbocycles. The van der Waals surface area contributed by atoms with Crippen LogP contribution in [0.2, 0.25) is 0 Å². The van der Waals surface area contributed by atoms with Crippen LogP contribution in [0.5, 0.6) is 0 Å². The number of nitrogens with one attached hydrogen (secondary N) is 1. The Hall–Kier alpha value is -1.74. The molecule has 1 fully saturated rings. The van der Waals surface area contributed by atoms with Crippen LogP contribution in [0.3, 0.4) is 0 Å². The van der Waals surface area contributed by atoms with E-state index < -0.39 is 0 Å². The molecule has 1 heterocycles. The molecule has 1 N–H and O–H groups in total. The largest absolute Gasteiger partial charge is 0.316 e. The minimum atomic E-state index is -0.227. The zero-order valence-corrected chi connectivity index (χ0v) is 11.7. The number of fused-ring (bicyclic) bond motifs is 2. The van der Waals surface area contributed by atoms with E-state index in [-0.39, 0.29) is 17.6 Å². The maximum absolute atomic E-state index is 13.7. The molecule has 1 aliphatic heterocycles. The molecule has 4 rings (SSSR count). The maximum Gasteiger partial charge on any atom is 0.123 e. The summed E-state index contributed by atoms with van der Waals surface area (Å²) in [6.07, 6.45) is 1.00. The smallest absolute Gasteiger partial charge is 0.123 e. The van der Waals surface area contributed by atoms with Gasteiger partial charge in [0.25, 0.3) is 0 Å². The Morgan fingerprint density at radius 1 is 0.905 bits per heavy atom. The standard InChI is InChI=1S/C18H17F2N/c19-14-4-1-11(2-5-14)18-16-8-15(20)6-3-12(16)7-13-9-21-10-17(13)18/h1-6,8,13,17-18,21H,7,9-10H2. The van der Waals surface area contributed by atoms with Crippen LogP contribution in [0.1, 0.15) is 22.6 Å². The Kier molecular flexibility index (Phi) is 3.03. The van der Waals surface area contributed by atoms with E-state index in [0.717, 1.165) is 30.6 Å². The first-order chi connectivity index (χ1) is 10.2. The van der Waals surface area contributed by atoms with Gasteiger partial charge in [-0.3, -0.25) is 0 Å². The first kappa shape index (κ1) is 13.0. The molecule has 0 amide bonds. The second-order valence-electron chi connectivity index (χ2n) is 6.16. The minimum Gasteiger partial charge on any atom is -0.316 e. The molecule has 1 nitrogen and oxygen atoms in total. The summed E-state index contributed by atoms with van der Waals surface area (Å²) in [4.78, 5) is 0. The lowest BCUT2D eigenvalue weighted by atomic mass is 9.68. The van der Waals surface area contributed by atoms with Crippen LogP contribution < -0.4 is 5.32 Å². The number of halogens is 2. The highest BCUT2D eigenvalue weighted by molar-refractivity contribution is 5.42. The third-order valence-corrected chi connectivity index (χ3v) is 4.97. The molecule has 1 saturated heterocycles. The van der Waals surface area contributed by atoms with Gasteiger partial charge in [0.15, 0.2) is 0 Å². The Labute approximate surface area is 123 Å². The van der Waals surface area contributed by atoms with Crippen LogP contribution in [0, 0.1) is 23.5 Å². The fraction of sp³-hybridized carbons (Fsp3) is 0.333. The van der Waals surface area contributed by atoms with Gasteiger partial charge in [0.1, 0.15) is 11.6 Å². The molecule has 108 valence electrons. The normalized spacial score (nSPS) is 27.2. The average molecular weight is 285 g/mol. The number of rotatable bonds is 1. The van der Waals surface area contributed by atoms with E-state index in [1.807, 2.05) is 18.2 Å². The summed E-state index contributed by atoms with van der Waals surface area (Å²) in [6.45, 7) is 1.96. The van der Waals surface area contributed by atoms with E-state index in [1.54, 1.807) is 12.1 Å². The van der Waals surface area contributed by atoms with Crippen molar-refractivity contribution in [3.63, 3.8) is 0 Å². The zero-order valence-electron chi connectivity index (χ0n) is 11.7. The van der Waals surface area contributed by atoms with Crippen molar-refractivity contribution in [2.45, 2.75) is 12.3 Å². The summed E-state index contributed by atoms with van der Waals surface area (Å²) in [6, 6.07) is 11.8. The lowest BCUT2D eigenvalue weighted by Gasteiger charge is -2.35. The van der Waals surface area contributed by atoms with Gasteiger partial charge < -0.3 is 5.32 Å². The van der Waals surface area contributed by atoms with E-state index in [2.05, 4.69) is 5.32 Å². The molecule has 0 bridgehead atoms. The first-order valence-electron chi connectivity index (χ1n) is 7.47. The minimum absolute atomic E-state index is 0.157. The van der Waals surface area contributed by atoms with E-state index in [1.165, 1.54) is 17.7 Å². The number of benzene rings is 2. The third kappa shape index (κ3) is 2.16. The van der Waals surface area contributed by atoms with Crippen LogP contribution in [0.15, 0.2) is 42.5 Å². The first-order valence-corrected chi connectivity index (χ1v) is 7.47. The van der Waals surface area contributed by atoms with E-state index >= 15 is 0 Å². The molecule has 3 unspecified atom stereocenters. The van der Waals surface area contributed by atoms with Crippen molar-refractivity contribution in [1.29, 1.82) is 0 Å². The molecule has 21 heavy (non-hydrogen) atoms. The summed E-state index contributed by atoms with van der Waals surface area (Å²) < 4.78 is 26.9. The predicted octanol–water partition coefficient (Wildman–Crippen LogP) is 3.49. The van der Waals surface area contributed by atoms with Crippen molar-refractivity contribution in [1.82, 2.24) is 5.32 Å². The van der Waals surface area contributed by atoms with Crippen molar-refractivity contribution in [3.05, 3.63) is 70.8 Å². The van der Waals surface area contributed by atoms with Gasteiger partial charge >= 0.3 is 0 Å². The second-order valence-corrected chi connectivity index (χ2v) is 6.16. The predicted molar refractivity (Wildman–Crippen MR) is 78.2 cm³/mol. The molecule has 2 aliphatic rings. The van der Waals surface area contributed by atoms with Crippen molar-refractivity contribution in [2.24, 2.45) is 11.8 Å². The SMILES string of the molecule is Fc1ccc(C2c3cc(F)ccc3CC3CNCC32)cc1. The van der Waals surface area contributed by atoms with Crippen LogP contribution >= 0.6 is 0 Å². The molecule has 2 aromatic carbocycles. The highest BCUT2D eigenvalue weighted by atomic mass is 19.1. The molecular formula is C18H17F2N. The summed E-state index contributed by atoms with van der Waals surface area (Å²) in [5.41, 5.74) is 3.39. The van der Waals surface area contributed by atoms with Crippen LogP contribution in [-0.4, -0.2) is 13.1 Å². The molecule has 0 aromatic heterocycles. The second kappa shape index (κ2) is 4.92.